The number of rotatable bonds is 4. The molecule has 0 radical (unpaired) electrons. The highest BCUT2D eigenvalue weighted by atomic mass is 32.2. The Labute approximate surface area is 149 Å². The molecule has 2 aromatic rings. The number of Topliss-reactive ketones (excluding diaryl/α,β-unsaturated/α-hetero) is 1. The van der Waals surface area contributed by atoms with Crippen molar-refractivity contribution in [2.45, 2.75) is 19.3 Å². The second-order valence-electron chi connectivity index (χ2n) is 5.65. The van der Waals surface area contributed by atoms with E-state index in [4.69, 9.17) is 5.41 Å². The number of allylic oxidation sites excluding steroid dienone is 1. The highest BCUT2D eigenvalue weighted by molar-refractivity contribution is 8.19. The summed E-state index contributed by atoms with van der Waals surface area (Å²) in [7, 11) is 3.98. The van der Waals surface area contributed by atoms with Gasteiger partial charge < -0.3 is 4.90 Å². The normalized spacial score (nSPS) is 19.3. The van der Waals surface area contributed by atoms with Crippen molar-refractivity contribution in [3.8, 4) is 0 Å². The first-order valence-corrected chi connectivity index (χ1v) is 9.24. The molecule has 0 bridgehead atoms. The number of aryl methyl sites for hydroxylation is 1. The monoisotopic (exact) mass is 358 g/mol. The molecule has 7 heteroatoms. The summed E-state index contributed by atoms with van der Waals surface area (Å²) in [5.74, 6) is -0.638. The van der Waals surface area contributed by atoms with Crippen molar-refractivity contribution in [3.63, 3.8) is 0 Å². The predicted octanol–water partition coefficient (Wildman–Crippen LogP) is 3.58. The van der Waals surface area contributed by atoms with E-state index in [0.717, 1.165) is 22.7 Å². The van der Waals surface area contributed by atoms with Crippen LogP contribution in [0.15, 0.2) is 29.2 Å². The average molecular weight is 358 g/mol. The van der Waals surface area contributed by atoms with Gasteiger partial charge in [-0.1, -0.05) is 30.8 Å². The highest BCUT2D eigenvalue weighted by Crippen LogP contribution is 2.41. The Morgan fingerprint density at radius 1 is 1.25 bits per heavy atom. The summed E-state index contributed by atoms with van der Waals surface area (Å²) >= 11 is 2.64. The first-order chi connectivity index (χ1) is 11.5. The van der Waals surface area contributed by atoms with E-state index in [0.29, 0.717) is 15.0 Å². The summed E-state index contributed by atoms with van der Waals surface area (Å²) in [5.41, 5.74) is 2.06. The van der Waals surface area contributed by atoms with Gasteiger partial charge in [0.1, 0.15) is 15.9 Å². The lowest BCUT2D eigenvalue weighted by Crippen LogP contribution is -2.11. The van der Waals surface area contributed by atoms with E-state index >= 15 is 0 Å². The molecule has 1 fully saturated rings. The van der Waals surface area contributed by atoms with Crippen LogP contribution in [-0.2, 0) is 11.2 Å². The molecule has 1 aliphatic heterocycles. The van der Waals surface area contributed by atoms with Gasteiger partial charge >= 0.3 is 0 Å². The minimum absolute atomic E-state index is 0.0551. The van der Waals surface area contributed by atoms with Gasteiger partial charge in [-0.3, -0.25) is 10.2 Å². The van der Waals surface area contributed by atoms with Crippen molar-refractivity contribution in [2.24, 2.45) is 0 Å². The number of carbonyl (C=O) groups is 1. The minimum atomic E-state index is -0.583. The number of hydrogen-bond donors (Lipinski definition) is 1. The zero-order chi connectivity index (χ0) is 17.3. The number of ketones is 1. The van der Waals surface area contributed by atoms with Gasteiger partial charge in [0.15, 0.2) is 5.78 Å². The number of benzene rings is 1. The first kappa shape index (κ1) is 16.9. The lowest BCUT2D eigenvalue weighted by atomic mass is 10.1. The number of thioether (sulfide) groups is 1. The van der Waals surface area contributed by atoms with Crippen LogP contribution in [0, 0.1) is 5.41 Å². The molecule has 2 heterocycles. The maximum atomic E-state index is 12.7. The van der Waals surface area contributed by atoms with E-state index in [-0.39, 0.29) is 5.78 Å². The van der Waals surface area contributed by atoms with Gasteiger partial charge in [0.05, 0.1) is 9.95 Å². The van der Waals surface area contributed by atoms with Gasteiger partial charge in [0, 0.05) is 19.8 Å². The molecule has 1 atom stereocenters. The fourth-order valence-electron chi connectivity index (χ4n) is 2.36. The molecule has 1 saturated heterocycles. The van der Waals surface area contributed by atoms with Crippen LogP contribution in [0.4, 0.5) is 5.69 Å². The van der Waals surface area contributed by atoms with Crippen molar-refractivity contribution in [1.29, 1.82) is 5.41 Å². The molecular weight excluding hydrogens is 340 g/mol. The van der Waals surface area contributed by atoms with Crippen molar-refractivity contribution in [1.82, 2.24) is 10.2 Å². The molecule has 0 amide bonds. The fourth-order valence-corrected chi connectivity index (χ4v) is 4.31. The van der Waals surface area contributed by atoms with Crippen LogP contribution >= 0.6 is 23.1 Å². The predicted molar refractivity (Wildman–Crippen MR) is 101 cm³/mol. The molecule has 1 aromatic carbocycles. The molecule has 1 N–H and O–H groups in total. The van der Waals surface area contributed by atoms with Gasteiger partial charge in [-0.05, 0) is 30.2 Å². The number of nitrogens with zero attached hydrogens (tertiary/aromatic N) is 3. The van der Waals surface area contributed by atoms with Crippen LogP contribution in [0.5, 0.6) is 0 Å². The minimum Gasteiger partial charge on any atom is -0.378 e. The summed E-state index contributed by atoms with van der Waals surface area (Å²) in [6.07, 6.45) is 2.64. The maximum absolute atomic E-state index is 12.7. The molecule has 1 aromatic heterocycles. The van der Waals surface area contributed by atoms with E-state index in [1.165, 1.54) is 23.1 Å². The Kier molecular flexibility index (Phi) is 4.82. The number of hydrogen-bond acceptors (Lipinski definition) is 7. The molecule has 0 aliphatic carbocycles. The maximum Gasteiger partial charge on any atom is 0.186 e. The third kappa shape index (κ3) is 3.27. The molecular formula is C17H18N4OS2. The van der Waals surface area contributed by atoms with Crippen LogP contribution in [0.1, 0.15) is 28.4 Å². The van der Waals surface area contributed by atoms with Gasteiger partial charge in [-0.25, -0.2) is 0 Å². The molecule has 24 heavy (non-hydrogen) atoms. The van der Waals surface area contributed by atoms with Crippen molar-refractivity contribution < 1.29 is 4.79 Å². The number of nitrogens with one attached hydrogen (secondary N) is 1. The van der Waals surface area contributed by atoms with Crippen LogP contribution < -0.4 is 4.90 Å². The number of aromatic nitrogens is 2. The molecule has 124 valence electrons. The fraction of sp³-hybridized carbons (Fsp3) is 0.294. The Balaban J connectivity index is 1.85. The molecule has 5 nitrogen and oxygen atoms in total. The Morgan fingerprint density at radius 2 is 1.96 bits per heavy atom. The van der Waals surface area contributed by atoms with Crippen LogP contribution in [0.25, 0.3) is 6.08 Å². The lowest BCUT2D eigenvalue weighted by Gasteiger charge is -2.11. The third-order valence-corrected chi connectivity index (χ3v) is 5.85. The van der Waals surface area contributed by atoms with E-state index in [2.05, 4.69) is 10.2 Å². The Morgan fingerprint density at radius 3 is 2.54 bits per heavy atom. The van der Waals surface area contributed by atoms with Crippen molar-refractivity contribution in [3.05, 3.63) is 44.7 Å². The van der Waals surface area contributed by atoms with Gasteiger partial charge in [-0.15, -0.1) is 21.5 Å². The van der Waals surface area contributed by atoms with Gasteiger partial charge in [0.2, 0.25) is 0 Å². The molecule has 0 unspecified atom stereocenters. The average Bonchev–Trinajstić information content (AvgIpc) is 3.13. The van der Waals surface area contributed by atoms with Crippen LogP contribution in [0.2, 0.25) is 0 Å². The second kappa shape index (κ2) is 6.86. The van der Waals surface area contributed by atoms with Crippen molar-refractivity contribution in [2.75, 3.05) is 19.0 Å². The molecule has 0 saturated carbocycles. The molecule has 1 aliphatic rings. The Hall–Kier alpha value is -1.99. The summed E-state index contributed by atoms with van der Waals surface area (Å²) < 4.78 is 0. The summed E-state index contributed by atoms with van der Waals surface area (Å²) in [6.45, 7) is 2.00. The van der Waals surface area contributed by atoms with Crippen LogP contribution in [-0.4, -0.2) is 35.1 Å². The SMILES string of the molecule is CCc1nnc([C@H]2C(=N)S/C(=C\c3ccc(N(C)C)cc3)C2=O)s1. The van der Waals surface area contributed by atoms with Gasteiger partial charge in [-0.2, -0.15) is 0 Å². The summed E-state index contributed by atoms with van der Waals surface area (Å²) in [5, 5.41) is 18.2. The zero-order valence-electron chi connectivity index (χ0n) is 13.7. The van der Waals surface area contributed by atoms with Gasteiger partial charge in [0.25, 0.3) is 0 Å². The van der Waals surface area contributed by atoms with E-state index in [1.807, 2.05) is 56.3 Å². The Bertz CT molecular complexity index is 808. The standard InChI is InChI=1S/C17H18N4OS2/c1-4-13-19-20-17(24-13)14-15(22)12(23-16(14)18)9-10-5-7-11(8-6-10)21(2)3/h5-9,14,18H,4H2,1-3H3/b12-9-,18-16?/t14-/m1/s1. The van der Waals surface area contributed by atoms with Crippen LogP contribution in [0.3, 0.4) is 0 Å². The smallest absolute Gasteiger partial charge is 0.186 e. The number of anilines is 1. The topological polar surface area (TPSA) is 69.9 Å². The van der Waals surface area contributed by atoms with E-state index in [1.54, 1.807) is 0 Å². The quantitative estimate of drug-likeness (QED) is 0.846. The third-order valence-electron chi connectivity index (χ3n) is 3.73. The van der Waals surface area contributed by atoms with E-state index in [9.17, 15) is 4.79 Å². The highest BCUT2D eigenvalue weighted by Gasteiger charge is 2.39. The van der Waals surface area contributed by atoms with E-state index < -0.39 is 5.92 Å². The lowest BCUT2D eigenvalue weighted by molar-refractivity contribution is -0.114. The number of carbonyl (C=O) groups excluding carboxylic acids is 1. The van der Waals surface area contributed by atoms with Crippen molar-refractivity contribution >= 4 is 45.7 Å². The molecule has 0 spiro atoms. The summed E-state index contributed by atoms with van der Waals surface area (Å²) in [4.78, 5) is 15.3. The largest absolute Gasteiger partial charge is 0.378 e. The zero-order valence-corrected chi connectivity index (χ0v) is 15.4. The molecule has 3 rings (SSSR count). The summed E-state index contributed by atoms with van der Waals surface area (Å²) in [6, 6.07) is 7.98. The first-order valence-electron chi connectivity index (χ1n) is 7.61. The second-order valence-corrected chi connectivity index (χ2v) is 7.82.